The van der Waals surface area contributed by atoms with Gasteiger partial charge in [0, 0.05) is 7.05 Å². The molecule has 0 radical (unpaired) electrons. The number of amides is 1. The summed E-state index contributed by atoms with van der Waals surface area (Å²) in [6.45, 7) is 4.07. The molecule has 0 saturated heterocycles. The molecule has 146 valence electrons. The van der Waals surface area contributed by atoms with Crippen LogP contribution in [0.25, 0.3) is 0 Å². The van der Waals surface area contributed by atoms with Crippen LogP contribution in [0.4, 0.5) is 0 Å². The van der Waals surface area contributed by atoms with Gasteiger partial charge in [-0.3, -0.25) is 4.79 Å². The molecule has 0 aliphatic heterocycles. The number of carbonyl (C=O) groups excluding carboxylic acids is 1. The molecule has 0 saturated carbocycles. The van der Waals surface area contributed by atoms with Crippen LogP contribution in [0.3, 0.4) is 0 Å². The van der Waals surface area contributed by atoms with E-state index in [1.165, 1.54) is 17.6 Å². The molecule has 27 heavy (non-hydrogen) atoms. The number of aryl methyl sites for hydroxylation is 2. The highest BCUT2D eigenvalue weighted by atomic mass is 16.5. The lowest BCUT2D eigenvalue weighted by Crippen LogP contribution is -2.34. The Hall–Kier alpha value is -2.73. The van der Waals surface area contributed by atoms with E-state index in [4.69, 9.17) is 14.2 Å². The SMILES string of the molecule is COc1ccc(C(O)CN(C)C(=O)COc2ccc(C)c(C)c2)cc1OC. The highest BCUT2D eigenvalue weighted by Gasteiger charge is 2.17. The fourth-order valence-electron chi connectivity index (χ4n) is 2.59. The molecule has 0 fully saturated rings. The van der Waals surface area contributed by atoms with E-state index in [-0.39, 0.29) is 19.1 Å². The average molecular weight is 373 g/mol. The summed E-state index contributed by atoms with van der Waals surface area (Å²) >= 11 is 0. The molecule has 6 heteroatoms. The van der Waals surface area contributed by atoms with Crippen LogP contribution in [0.2, 0.25) is 0 Å². The zero-order valence-electron chi connectivity index (χ0n) is 16.5. The van der Waals surface area contributed by atoms with E-state index >= 15 is 0 Å². The van der Waals surface area contributed by atoms with Crippen molar-refractivity contribution in [3.05, 3.63) is 53.1 Å². The molecule has 0 spiro atoms. The Morgan fingerprint density at radius 2 is 1.74 bits per heavy atom. The zero-order chi connectivity index (χ0) is 20.0. The molecule has 1 atom stereocenters. The van der Waals surface area contributed by atoms with Crippen molar-refractivity contribution in [1.29, 1.82) is 0 Å². The van der Waals surface area contributed by atoms with E-state index in [1.54, 1.807) is 32.4 Å². The summed E-state index contributed by atoms with van der Waals surface area (Å²) in [5, 5.41) is 10.4. The summed E-state index contributed by atoms with van der Waals surface area (Å²) in [5.41, 5.74) is 2.92. The van der Waals surface area contributed by atoms with E-state index in [2.05, 4.69) is 0 Å². The summed E-state index contributed by atoms with van der Waals surface area (Å²) in [6, 6.07) is 10.9. The molecule has 0 aliphatic carbocycles. The maximum atomic E-state index is 12.3. The molecule has 2 aromatic carbocycles. The molecule has 2 rings (SSSR count). The number of nitrogens with zero attached hydrogens (tertiary/aromatic N) is 1. The average Bonchev–Trinajstić information content (AvgIpc) is 2.67. The number of hydrogen-bond acceptors (Lipinski definition) is 5. The van der Waals surface area contributed by atoms with Crippen molar-refractivity contribution in [2.24, 2.45) is 0 Å². The first-order chi connectivity index (χ1) is 12.8. The number of hydrogen-bond donors (Lipinski definition) is 1. The fourth-order valence-corrected chi connectivity index (χ4v) is 2.59. The normalized spacial score (nSPS) is 11.6. The number of methoxy groups -OCH3 is 2. The van der Waals surface area contributed by atoms with Gasteiger partial charge in [0.15, 0.2) is 18.1 Å². The third kappa shape index (κ3) is 5.37. The van der Waals surface area contributed by atoms with E-state index in [1.807, 2.05) is 32.0 Å². The van der Waals surface area contributed by atoms with E-state index in [0.717, 1.165) is 5.56 Å². The van der Waals surface area contributed by atoms with Crippen LogP contribution >= 0.6 is 0 Å². The number of aliphatic hydroxyl groups is 1. The van der Waals surface area contributed by atoms with Crippen molar-refractivity contribution in [1.82, 2.24) is 4.90 Å². The maximum absolute atomic E-state index is 12.3. The second-order valence-electron chi connectivity index (χ2n) is 6.44. The van der Waals surface area contributed by atoms with Gasteiger partial charge in [-0.25, -0.2) is 0 Å². The summed E-state index contributed by atoms with van der Waals surface area (Å²) in [7, 11) is 4.72. The molecule has 6 nitrogen and oxygen atoms in total. The Balaban J connectivity index is 1.93. The van der Waals surface area contributed by atoms with Crippen molar-refractivity contribution in [2.45, 2.75) is 20.0 Å². The van der Waals surface area contributed by atoms with Gasteiger partial charge in [-0.05, 0) is 54.8 Å². The lowest BCUT2D eigenvalue weighted by atomic mass is 10.1. The zero-order valence-corrected chi connectivity index (χ0v) is 16.5. The van der Waals surface area contributed by atoms with Crippen molar-refractivity contribution >= 4 is 5.91 Å². The van der Waals surface area contributed by atoms with Gasteiger partial charge < -0.3 is 24.2 Å². The molecule has 2 aromatic rings. The Kier molecular flexibility index (Phi) is 7.07. The molecule has 1 unspecified atom stereocenters. The Labute approximate surface area is 160 Å². The van der Waals surface area contributed by atoms with Crippen LogP contribution in [0.5, 0.6) is 17.2 Å². The van der Waals surface area contributed by atoms with Crippen LogP contribution in [0.1, 0.15) is 22.8 Å². The molecule has 0 bridgehead atoms. The molecular formula is C21H27NO5. The Morgan fingerprint density at radius 1 is 1.04 bits per heavy atom. The summed E-state index contributed by atoms with van der Waals surface area (Å²) in [6.07, 6.45) is -0.847. The number of rotatable bonds is 8. The third-order valence-electron chi connectivity index (χ3n) is 4.51. The fraction of sp³-hybridized carbons (Fsp3) is 0.381. The third-order valence-corrected chi connectivity index (χ3v) is 4.51. The standard InChI is InChI=1S/C21H27NO5/c1-14-6-8-17(10-15(14)2)27-13-21(24)22(3)12-18(23)16-7-9-19(25-4)20(11-16)26-5/h6-11,18,23H,12-13H2,1-5H3. The number of likely N-dealkylation sites (N-methyl/N-ethyl adjacent to an activating group) is 1. The molecule has 0 aromatic heterocycles. The van der Waals surface area contributed by atoms with Gasteiger partial charge in [-0.15, -0.1) is 0 Å². The molecule has 1 amide bonds. The van der Waals surface area contributed by atoms with Crippen LogP contribution in [-0.2, 0) is 4.79 Å². The number of benzene rings is 2. The summed E-state index contributed by atoms with van der Waals surface area (Å²) in [5.74, 6) is 1.55. The van der Waals surface area contributed by atoms with Crippen LogP contribution in [-0.4, -0.2) is 50.3 Å². The lowest BCUT2D eigenvalue weighted by Gasteiger charge is -2.22. The topological polar surface area (TPSA) is 68.2 Å². The van der Waals surface area contributed by atoms with Gasteiger partial charge in [0.1, 0.15) is 5.75 Å². The second kappa shape index (κ2) is 9.28. The minimum Gasteiger partial charge on any atom is -0.493 e. The van der Waals surface area contributed by atoms with Gasteiger partial charge in [0.25, 0.3) is 5.91 Å². The van der Waals surface area contributed by atoms with Gasteiger partial charge in [0.05, 0.1) is 26.9 Å². The number of carbonyl (C=O) groups is 1. The predicted octanol–water partition coefficient (Wildman–Crippen LogP) is 2.89. The minimum absolute atomic E-state index is 0.0857. The Morgan fingerprint density at radius 3 is 2.37 bits per heavy atom. The predicted molar refractivity (Wildman–Crippen MR) is 104 cm³/mol. The van der Waals surface area contributed by atoms with Crippen molar-refractivity contribution < 1.29 is 24.1 Å². The van der Waals surface area contributed by atoms with Gasteiger partial charge in [-0.1, -0.05) is 12.1 Å². The lowest BCUT2D eigenvalue weighted by molar-refractivity contribution is -0.133. The van der Waals surface area contributed by atoms with Crippen molar-refractivity contribution in [3.8, 4) is 17.2 Å². The van der Waals surface area contributed by atoms with E-state index in [9.17, 15) is 9.90 Å². The largest absolute Gasteiger partial charge is 0.493 e. The minimum atomic E-state index is -0.847. The van der Waals surface area contributed by atoms with Crippen LogP contribution in [0.15, 0.2) is 36.4 Å². The highest BCUT2D eigenvalue weighted by Crippen LogP contribution is 2.30. The van der Waals surface area contributed by atoms with Crippen molar-refractivity contribution in [2.75, 3.05) is 34.4 Å². The van der Waals surface area contributed by atoms with E-state index < -0.39 is 6.10 Å². The molecule has 1 N–H and O–H groups in total. The molecular weight excluding hydrogens is 346 g/mol. The first-order valence-electron chi connectivity index (χ1n) is 8.69. The highest BCUT2D eigenvalue weighted by molar-refractivity contribution is 5.77. The van der Waals surface area contributed by atoms with Crippen LogP contribution in [0, 0.1) is 13.8 Å². The van der Waals surface area contributed by atoms with Gasteiger partial charge in [-0.2, -0.15) is 0 Å². The quantitative estimate of drug-likeness (QED) is 0.771. The molecule has 0 aliphatic rings. The first-order valence-corrected chi connectivity index (χ1v) is 8.69. The van der Waals surface area contributed by atoms with E-state index in [0.29, 0.717) is 22.8 Å². The van der Waals surface area contributed by atoms with Crippen LogP contribution < -0.4 is 14.2 Å². The van der Waals surface area contributed by atoms with Gasteiger partial charge >= 0.3 is 0 Å². The summed E-state index contributed by atoms with van der Waals surface area (Å²) in [4.78, 5) is 13.8. The van der Waals surface area contributed by atoms with Gasteiger partial charge in [0.2, 0.25) is 0 Å². The maximum Gasteiger partial charge on any atom is 0.260 e. The smallest absolute Gasteiger partial charge is 0.260 e. The monoisotopic (exact) mass is 373 g/mol. The molecule has 0 heterocycles. The first kappa shape index (κ1) is 20.6. The number of aliphatic hydroxyl groups excluding tert-OH is 1. The second-order valence-corrected chi connectivity index (χ2v) is 6.44. The summed E-state index contributed by atoms with van der Waals surface area (Å²) < 4.78 is 16.0. The number of ether oxygens (including phenoxy) is 3. The van der Waals surface area contributed by atoms with Crippen molar-refractivity contribution in [3.63, 3.8) is 0 Å². The Bertz CT molecular complexity index is 790.